The van der Waals surface area contributed by atoms with Gasteiger partial charge in [-0.05, 0) is 43.3 Å². The first-order valence-corrected chi connectivity index (χ1v) is 11.1. The average molecular weight is 431 g/mol. The highest BCUT2D eigenvalue weighted by Crippen LogP contribution is 2.18. The number of aromatic amines is 1. The minimum absolute atomic E-state index is 0.126. The predicted octanol–water partition coefficient (Wildman–Crippen LogP) is 3.07. The molecule has 1 atom stereocenters. The number of aromatic nitrogens is 1. The molecule has 3 aromatic rings. The van der Waals surface area contributed by atoms with Crippen LogP contribution in [0.2, 0.25) is 0 Å². The lowest BCUT2D eigenvalue weighted by atomic mass is 10.0. The third-order valence-electron chi connectivity index (χ3n) is 6.03. The van der Waals surface area contributed by atoms with Crippen molar-refractivity contribution in [2.45, 2.75) is 13.0 Å². The fourth-order valence-electron chi connectivity index (χ4n) is 4.08. The first kappa shape index (κ1) is 22.0. The second-order valence-electron chi connectivity index (χ2n) is 8.52. The summed E-state index contributed by atoms with van der Waals surface area (Å²) in [7, 11) is 2.13. The summed E-state index contributed by atoms with van der Waals surface area (Å²) < 4.78 is 0. The maximum absolute atomic E-state index is 13.1. The van der Waals surface area contributed by atoms with Crippen LogP contribution in [0.4, 0.5) is 0 Å². The molecule has 1 aliphatic rings. The fourth-order valence-corrected chi connectivity index (χ4v) is 4.08. The number of H-pyrrole nitrogens is 1. The van der Waals surface area contributed by atoms with Crippen molar-refractivity contribution in [2.75, 3.05) is 39.8 Å². The molecule has 1 aromatic heterocycles. The summed E-state index contributed by atoms with van der Waals surface area (Å²) in [5.74, 6) is -0.356. The van der Waals surface area contributed by atoms with Gasteiger partial charge in [0.2, 0.25) is 0 Å². The molecule has 2 N–H and O–H groups in total. The molecule has 32 heavy (non-hydrogen) atoms. The topological polar surface area (TPSA) is 68.4 Å². The Hall–Kier alpha value is -3.22. The summed E-state index contributed by atoms with van der Waals surface area (Å²) in [6.07, 6.45) is 0. The van der Waals surface area contributed by atoms with E-state index in [1.807, 2.05) is 61.5 Å². The van der Waals surface area contributed by atoms with E-state index in [0.717, 1.165) is 42.9 Å². The number of benzene rings is 2. The van der Waals surface area contributed by atoms with Crippen LogP contribution < -0.4 is 10.9 Å². The van der Waals surface area contributed by atoms with Crippen molar-refractivity contribution < 1.29 is 4.79 Å². The maximum Gasteiger partial charge on any atom is 0.261 e. The number of hydrogen-bond acceptors (Lipinski definition) is 4. The lowest BCUT2D eigenvalue weighted by Crippen LogP contribution is -2.48. The van der Waals surface area contributed by atoms with Crippen molar-refractivity contribution in [1.29, 1.82) is 0 Å². The van der Waals surface area contributed by atoms with Crippen LogP contribution >= 0.6 is 0 Å². The number of carbonyl (C=O) groups excluding carboxylic acids is 1. The van der Waals surface area contributed by atoms with Crippen molar-refractivity contribution in [2.24, 2.45) is 0 Å². The van der Waals surface area contributed by atoms with Crippen molar-refractivity contribution in [3.8, 4) is 11.3 Å². The smallest absolute Gasteiger partial charge is 0.261 e. The largest absolute Gasteiger partial charge is 0.344 e. The highest BCUT2D eigenvalue weighted by atomic mass is 16.2. The molecule has 1 amide bonds. The zero-order chi connectivity index (χ0) is 22.5. The van der Waals surface area contributed by atoms with Gasteiger partial charge in [0.25, 0.3) is 11.5 Å². The van der Waals surface area contributed by atoms with Gasteiger partial charge in [0.15, 0.2) is 0 Å². The first-order chi connectivity index (χ1) is 15.5. The van der Waals surface area contributed by atoms with Gasteiger partial charge in [-0.2, -0.15) is 0 Å². The Morgan fingerprint density at radius 2 is 1.75 bits per heavy atom. The Kier molecular flexibility index (Phi) is 6.83. The van der Waals surface area contributed by atoms with E-state index in [-0.39, 0.29) is 23.1 Å². The molecule has 166 valence electrons. The monoisotopic (exact) mass is 430 g/mol. The number of pyridine rings is 1. The number of hydrogen-bond donors (Lipinski definition) is 2. The molecule has 1 fully saturated rings. The maximum atomic E-state index is 13.1. The van der Waals surface area contributed by atoms with Crippen LogP contribution in [-0.2, 0) is 0 Å². The van der Waals surface area contributed by atoms with E-state index in [1.165, 1.54) is 0 Å². The molecule has 2 heterocycles. The van der Waals surface area contributed by atoms with E-state index < -0.39 is 0 Å². The zero-order valence-corrected chi connectivity index (χ0v) is 18.7. The van der Waals surface area contributed by atoms with Gasteiger partial charge in [-0.15, -0.1) is 0 Å². The van der Waals surface area contributed by atoms with Crippen LogP contribution in [-0.4, -0.2) is 60.5 Å². The molecular formula is C26H30N4O2. The molecule has 0 bridgehead atoms. The zero-order valence-electron chi connectivity index (χ0n) is 18.7. The first-order valence-electron chi connectivity index (χ1n) is 11.1. The Bertz CT molecular complexity index is 1120. The fraction of sp³-hybridized carbons (Fsp3) is 0.308. The predicted molar refractivity (Wildman–Crippen MR) is 128 cm³/mol. The van der Waals surface area contributed by atoms with E-state index in [9.17, 15) is 9.59 Å². The van der Waals surface area contributed by atoms with E-state index in [4.69, 9.17) is 0 Å². The lowest BCUT2D eigenvalue weighted by Gasteiger charge is -2.35. The third-order valence-corrected chi connectivity index (χ3v) is 6.03. The second kappa shape index (κ2) is 9.94. The lowest BCUT2D eigenvalue weighted by molar-refractivity contribution is 0.0905. The standard InChI is InChI=1S/C26H30N4O2/c1-19-7-6-10-21(17-19)23-12-11-22(25(31)27-23)26(32)28-24(20-8-4-3-5-9-20)18-30-15-13-29(2)14-16-30/h3-12,17,24H,13-16,18H2,1-2H3,(H,27,31)(H,28,32). The van der Waals surface area contributed by atoms with Crippen molar-refractivity contribution >= 4 is 5.91 Å². The van der Waals surface area contributed by atoms with Crippen LogP contribution in [0.1, 0.15) is 27.5 Å². The van der Waals surface area contributed by atoms with Crippen molar-refractivity contribution in [3.05, 3.63) is 93.8 Å². The summed E-state index contributed by atoms with van der Waals surface area (Å²) in [4.78, 5) is 33.4. The summed E-state index contributed by atoms with van der Waals surface area (Å²) >= 11 is 0. The molecule has 0 spiro atoms. The molecule has 6 nitrogen and oxygen atoms in total. The number of amides is 1. The summed E-state index contributed by atoms with van der Waals surface area (Å²) in [6.45, 7) is 6.66. The Labute approximate surface area is 188 Å². The highest BCUT2D eigenvalue weighted by Gasteiger charge is 2.22. The number of carbonyl (C=O) groups is 1. The summed E-state index contributed by atoms with van der Waals surface area (Å²) in [5.41, 5.74) is 3.51. The van der Waals surface area contributed by atoms with E-state index in [1.54, 1.807) is 12.1 Å². The van der Waals surface area contributed by atoms with Crippen molar-refractivity contribution in [1.82, 2.24) is 20.1 Å². The quantitative estimate of drug-likeness (QED) is 0.631. The molecule has 1 aliphatic heterocycles. The summed E-state index contributed by atoms with van der Waals surface area (Å²) in [6, 6.07) is 21.1. The van der Waals surface area contributed by atoms with Gasteiger partial charge in [0.05, 0.1) is 6.04 Å². The average Bonchev–Trinajstić information content (AvgIpc) is 2.80. The molecule has 1 saturated heterocycles. The Balaban J connectivity index is 1.53. The number of nitrogens with one attached hydrogen (secondary N) is 2. The van der Waals surface area contributed by atoms with E-state index in [0.29, 0.717) is 12.2 Å². The molecule has 0 aliphatic carbocycles. The minimum atomic E-state index is -0.382. The van der Waals surface area contributed by atoms with Gasteiger partial charge in [0, 0.05) is 38.4 Å². The molecule has 6 heteroatoms. The van der Waals surface area contributed by atoms with Gasteiger partial charge in [-0.25, -0.2) is 0 Å². The number of nitrogens with zero attached hydrogens (tertiary/aromatic N) is 2. The molecule has 0 saturated carbocycles. The molecule has 4 rings (SSSR count). The molecule has 0 radical (unpaired) electrons. The SMILES string of the molecule is Cc1cccc(-c2ccc(C(=O)NC(CN3CCN(C)CC3)c3ccccc3)c(=O)[nH]2)c1. The summed E-state index contributed by atoms with van der Waals surface area (Å²) in [5, 5.41) is 3.10. The van der Waals surface area contributed by atoms with E-state index in [2.05, 4.69) is 27.1 Å². The van der Waals surface area contributed by atoms with Gasteiger partial charge >= 0.3 is 0 Å². The van der Waals surface area contributed by atoms with Crippen molar-refractivity contribution in [3.63, 3.8) is 0 Å². The van der Waals surface area contributed by atoms with Crippen LogP contribution in [0.5, 0.6) is 0 Å². The Morgan fingerprint density at radius 1 is 1.00 bits per heavy atom. The number of piperazine rings is 1. The number of rotatable bonds is 6. The van der Waals surface area contributed by atoms with Crippen LogP contribution in [0, 0.1) is 6.92 Å². The minimum Gasteiger partial charge on any atom is -0.344 e. The number of aryl methyl sites for hydroxylation is 1. The van der Waals surface area contributed by atoms with Crippen LogP contribution in [0.3, 0.4) is 0 Å². The number of likely N-dealkylation sites (N-methyl/N-ethyl adjacent to an activating group) is 1. The van der Waals surface area contributed by atoms with E-state index >= 15 is 0 Å². The van der Waals surface area contributed by atoms with Crippen LogP contribution in [0.15, 0.2) is 71.5 Å². The highest BCUT2D eigenvalue weighted by molar-refractivity contribution is 5.94. The normalized spacial score (nSPS) is 15.9. The second-order valence-corrected chi connectivity index (χ2v) is 8.52. The Morgan fingerprint density at radius 3 is 2.44 bits per heavy atom. The molecule has 2 aromatic carbocycles. The van der Waals surface area contributed by atoms with Crippen LogP contribution in [0.25, 0.3) is 11.3 Å². The third kappa shape index (κ3) is 5.33. The van der Waals surface area contributed by atoms with Gasteiger partial charge in [0.1, 0.15) is 5.56 Å². The molecular weight excluding hydrogens is 400 g/mol. The molecule has 1 unspecified atom stereocenters. The van der Waals surface area contributed by atoms with Gasteiger partial charge in [-0.3, -0.25) is 14.5 Å². The van der Waals surface area contributed by atoms with Gasteiger partial charge < -0.3 is 15.2 Å². The van der Waals surface area contributed by atoms with Gasteiger partial charge in [-0.1, -0.05) is 54.1 Å².